The van der Waals surface area contributed by atoms with Crippen molar-refractivity contribution in [1.29, 1.82) is 0 Å². The number of carbonyl (C=O) groups excluding carboxylic acids is 1. The first-order valence-electron chi connectivity index (χ1n) is 13.4. The van der Waals surface area contributed by atoms with E-state index in [0.29, 0.717) is 36.4 Å². The van der Waals surface area contributed by atoms with E-state index in [2.05, 4.69) is 25.7 Å². The van der Waals surface area contributed by atoms with Crippen LogP contribution in [-0.2, 0) is 4.79 Å². The minimum absolute atomic E-state index is 0.00894. The van der Waals surface area contributed by atoms with E-state index in [4.69, 9.17) is 0 Å². The smallest absolute Gasteiger partial charge is 0.137 e. The summed E-state index contributed by atoms with van der Waals surface area (Å²) in [6.45, 7) is 9.64. The summed E-state index contributed by atoms with van der Waals surface area (Å²) in [4.78, 5) is 16.1. The number of carbonyl (C=O) groups is 1. The molecule has 4 saturated carbocycles. The molecule has 0 radical (unpaired) electrons. The minimum Gasteiger partial charge on any atom is -0.393 e. The second kappa shape index (κ2) is 7.03. The molecule has 6 fully saturated rings. The zero-order valence-corrected chi connectivity index (χ0v) is 19.8. The Bertz CT molecular complexity index is 753. The quantitative estimate of drug-likeness (QED) is 0.613. The van der Waals surface area contributed by atoms with Crippen LogP contribution < -0.4 is 0 Å². The van der Waals surface area contributed by atoms with Crippen molar-refractivity contribution in [2.24, 2.45) is 52.8 Å². The van der Waals surface area contributed by atoms with Gasteiger partial charge in [0.05, 0.1) is 11.7 Å². The predicted molar refractivity (Wildman–Crippen MR) is 120 cm³/mol. The Balaban J connectivity index is 1.32. The standard InChI is InChI=1S/C27H43NO3/c1-15-4-5-24-16(2)18-7-9-27(31)20(19(18)14-28(24)13-15)11-21-22(27)12-25(30)23-10-17(29)6-8-26(21,23)3/h15-24,29,31H,4-14H2,1-3H3. The lowest BCUT2D eigenvalue weighted by Gasteiger charge is -2.58. The van der Waals surface area contributed by atoms with Crippen LogP contribution in [0.2, 0.25) is 0 Å². The van der Waals surface area contributed by atoms with Crippen molar-refractivity contribution in [2.45, 2.75) is 96.3 Å². The summed E-state index contributed by atoms with van der Waals surface area (Å²) in [5.41, 5.74) is -0.663. The molecule has 0 bridgehead atoms. The predicted octanol–water partition coefficient (Wildman–Crippen LogP) is 3.89. The highest BCUT2D eigenvalue weighted by Crippen LogP contribution is 2.67. The Morgan fingerprint density at radius 1 is 0.935 bits per heavy atom. The number of piperidine rings is 2. The number of rotatable bonds is 0. The van der Waals surface area contributed by atoms with Gasteiger partial charge < -0.3 is 10.2 Å². The number of ketones is 1. The molecule has 0 spiro atoms. The third-order valence-corrected chi connectivity index (χ3v) is 11.9. The average molecular weight is 430 g/mol. The summed E-state index contributed by atoms with van der Waals surface area (Å²) in [6.07, 6.45) is 8.55. The first-order valence-corrected chi connectivity index (χ1v) is 13.4. The van der Waals surface area contributed by atoms with Gasteiger partial charge in [0.1, 0.15) is 5.78 Å². The molecule has 2 heterocycles. The van der Waals surface area contributed by atoms with Crippen molar-refractivity contribution >= 4 is 5.78 Å². The fourth-order valence-corrected chi connectivity index (χ4v) is 10.3. The topological polar surface area (TPSA) is 60.8 Å². The zero-order valence-electron chi connectivity index (χ0n) is 19.8. The lowest BCUT2D eigenvalue weighted by atomic mass is 9.51. The van der Waals surface area contributed by atoms with Crippen LogP contribution in [0.4, 0.5) is 0 Å². The van der Waals surface area contributed by atoms with Crippen LogP contribution in [0.3, 0.4) is 0 Å². The first kappa shape index (κ1) is 21.1. The van der Waals surface area contributed by atoms with E-state index in [1.165, 1.54) is 25.9 Å². The molecule has 0 aromatic heterocycles. The van der Waals surface area contributed by atoms with Gasteiger partial charge in [0, 0.05) is 31.5 Å². The molecule has 31 heavy (non-hydrogen) atoms. The molecule has 4 nitrogen and oxygen atoms in total. The van der Waals surface area contributed by atoms with Crippen molar-refractivity contribution in [3.8, 4) is 0 Å². The summed E-state index contributed by atoms with van der Waals surface area (Å²) in [5, 5.41) is 22.5. The molecule has 2 saturated heterocycles. The molecule has 2 aliphatic heterocycles. The van der Waals surface area contributed by atoms with E-state index in [0.717, 1.165) is 55.9 Å². The number of nitrogens with zero attached hydrogens (tertiary/aromatic N) is 1. The van der Waals surface area contributed by atoms with E-state index < -0.39 is 5.60 Å². The maximum absolute atomic E-state index is 13.3. The number of hydrogen-bond donors (Lipinski definition) is 2. The molecule has 4 heteroatoms. The lowest BCUT2D eigenvalue weighted by molar-refractivity contribution is -0.166. The highest BCUT2D eigenvalue weighted by Gasteiger charge is 2.68. The molecular formula is C27H43NO3. The monoisotopic (exact) mass is 429 g/mol. The number of Topliss-reactive ketones (excluding diaryl/α,β-unsaturated/α-hetero) is 1. The van der Waals surface area contributed by atoms with Gasteiger partial charge in [-0.05, 0) is 98.2 Å². The van der Waals surface area contributed by atoms with Gasteiger partial charge in [-0.15, -0.1) is 0 Å². The highest BCUT2D eigenvalue weighted by molar-refractivity contribution is 5.83. The Morgan fingerprint density at radius 3 is 2.55 bits per heavy atom. The maximum Gasteiger partial charge on any atom is 0.137 e. The SMILES string of the molecule is CC1CCC2C(C)C3CCC4(O)C(CC5C4CC(=O)C4CC(O)CCC45C)C3CN2C1. The van der Waals surface area contributed by atoms with Gasteiger partial charge in [0.25, 0.3) is 0 Å². The van der Waals surface area contributed by atoms with E-state index >= 15 is 0 Å². The van der Waals surface area contributed by atoms with E-state index in [9.17, 15) is 15.0 Å². The van der Waals surface area contributed by atoms with E-state index in [-0.39, 0.29) is 23.4 Å². The normalized spacial score (nSPS) is 59.2. The lowest BCUT2D eigenvalue weighted by Crippen LogP contribution is -2.62. The summed E-state index contributed by atoms with van der Waals surface area (Å²) in [7, 11) is 0. The van der Waals surface area contributed by atoms with E-state index in [1.807, 2.05) is 0 Å². The molecule has 12 unspecified atom stereocenters. The summed E-state index contributed by atoms with van der Waals surface area (Å²) >= 11 is 0. The van der Waals surface area contributed by atoms with Crippen molar-refractivity contribution in [3.63, 3.8) is 0 Å². The molecule has 6 rings (SSSR count). The first-order chi connectivity index (χ1) is 14.7. The molecule has 174 valence electrons. The fourth-order valence-electron chi connectivity index (χ4n) is 10.3. The van der Waals surface area contributed by atoms with Crippen molar-refractivity contribution in [2.75, 3.05) is 13.1 Å². The Kier molecular flexibility index (Phi) is 4.78. The Labute approximate surface area is 188 Å². The molecule has 0 aromatic rings. The van der Waals surface area contributed by atoms with Gasteiger partial charge in [-0.3, -0.25) is 9.69 Å². The second-order valence-corrected chi connectivity index (χ2v) is 13.1. The zero-order chi connectivity index (χ0) is 21.7. The van der Waals surface area contributed by atoms with Crippen LogP contribution in [0.25, 0.3) is 0 Å². The van der Waals surface area contributed by atoms with Gasteiger partial charge in [-0.1, -0.05) is 20.8 Å². The molecule has 0 aromatic carbocycles. The van der Waals surface area contributed by atoms with Crippen LogP contribution in [0.15, 0.2) is 0 Å². The average Bonchev–Trinajstić information content (AvgIpc) is 3.03. The molecule has 0 amide bonds. The van der Waals surface area contributed by atoms with Crippen molar-refractivity contribution in [3.05, 3.63) is 0 Å². The van der Waals surface area contributed by atoms with Crippen LogP contribution in [0.1, 0.15) is 78.6 Å². The molecule has 12 atom stereocenters. The minimum atomic E-state index is -0.639. The molecular weight excluding hydrogens is 386 g/mol. The maximum atomic E-state index is 13.3. The number of aliphatic hydroxyl groups is 2. The van der Waals surface area contributed by atoms with Crippen LogP contribution >= 0.6 is 0 Å². The van der Waals surface area contributed by atoms with Crippen molar-refractivity contribution < 1.29 is 15.0 Å². The molecule has 4 aliphatic carbocycles. The summed E-state index contributed by atoms with van der Waals surface area (Å²) in [6, 6.07) is 0.746. The summed E-state index contributed by atoms with van der Waals surface area (Å²) in [5.74, 6) is 4.15. The highest BCUT2D eigenvalue weighted by atomic mass is 16.3. The Hall–Kier alpha value is -0.450. The molecule has 2 N–H and O–H groups in total. The van der Waals surface area contributed by atoms with Crippen LogP contribution in [-0.4, -0.2) is 51.7 Å². The third-order valence-electron chi connectivity index (χ3n) is 11.9. The van der Waals surface area contributed by atoms with Gasteiger partial charge in [-0.25, -0.2) is 0 Å². The number of aliphatic hydroxyl groups excluding tert-OH is 1. The molecule has 6 aliphatic rings. The third kappa shape index (κ3) is 2.86. The van der Waals surface area contributed by atoms with Crippen LogP contribution in [0, 0.1) is 52.8 Å². The number of hydrogen-bond acceptors (Lipinski definition) is 4. The largest absolute Gasteiger partial charge is 0.393 e. The van der Waals surface area contributed by atoms with E-state index in [1.54, 1.807) is 0 Å². The summed E-state index contributed by atoms with van der Waals surface area (Å²) < 4.78 is 0. The van der Waals surface area contributed by atoms with Gasteiger partial charge in [-0.2, -0.15) is 0 Å². The second-order valence-electron chi connectivity index (χ2n) is 13.1. The van der Waals surface area contributed by atoms with Crippen molar-refractivity contribution in [1.82, 2.24) is 4.90 Å². The Morgan fingerprint density at radius 2 is 1.74 bits per heavy atom. The van der Waals surface area contributed by atoms with Crippen LogP contribution in [0.5, 0.6) is 0 Å². The van der Waals surface area contributed by atoms with Gasteiger partial charge in [0.15, 0.2) is 0 Å². The van der Waals surface area contributed by atoms with Gasteiger partial charge in [0.2, 0.25) is 0 Å². The number of fused-ring (bicyclic) bond motifs is 8. The fraction of sp³-hybridized carbons (Fsp3) is 0.963. The van der Waals surface area contributed by atoms with Gasteiger partial charge >= 0.3 is 0 Å².